The Labute approximate surface area is 73.1 Å². The van der Waals surface area contributed by atoms with E-state index in [0.29, 0.717) is 0 Å². The van der Waals surface area contributed by atoms with E-state index in [2.05, 4.69) is 0 Å². The molecule has 0 aliphatic rings. The first-order chi connectivity index (χ1) is 0. The Morgan fingerprint density at radius 1 is 0.500 bits per heavy atom. The summed E-state index contributed by atoms with van der Waals surface area (Å²) in [6.07, 6.45) is 0. The van der Waals surface area contributed by atoms with E-state index in [1.54, 1.807) is 0 Å². The zero-order chi connectivity index (χ0) is 0. The molecule has 8 heavy (non-hydrogen) atoms. The van der Waals surface area contributed by atoms with Crippen LogP contribution in [0.5, 0.6) is 0 Å². The first-order valence-corrected chi connectivity index (χ1v) is 0. The van der Waals surface area contributed by atoms with Crippen LogP contribution in [-0.4, -0.2) is 24.4 Å². The van der Waals surface area contributed by atoms with E-state index < -0.39 is 0 Å². The SMILES string of the molecule is F.F.F.F.F.F.[H-].[Li+].[Sb]. The van der Waals surface area contributed by atoms with Crippen molar-refractivity contribution in [3.8, 4) is 0 Å². The topological polar surface area (TPSA) is 0 Å². The van der Waals surface area contributed by atoms with Crippen molar-refractivity contribution >= 4 is 24.4 Å². The minimum absolute atomic E-state index is 0. The maximum absolute atomic E-state index is 0. The molecule has 0 N–H and O–H groups in total. The van der Waals surface area contributed by atoms with Crippen LogP contribution in [0.2, 0.25) is 0 Å². The second kappa shape index (κ2) is 395. The summed E-state index contributed by atoms with van der Waals surface area (Å²) in [6.45, 7) is 0. The van der Waals surface area contributed by atoms with Crippen LogP contribution in [0.4, 0.5) is 28.2 Å². The maximum Gasteiger partial charge on any atom is 1.00 e. The zero-order valence-electron chi connectivity index (χ0n) is 4.90. The van der Waals surface area contributed by atoms with Gasteiger partial charge in [0, 0.05) is 24.4 Å². The van der Waals surface area contributed by atoms with Crippen molar-refractivity contribution in [1.82, 2.24) is 0 Å². The summed E-state index contributed by atoms with van der Waals surface area (Å²) in [7, 11) is 0. The van der Waals surface area contributed by atoms with Crippen LogP contribution in [0.1, 0.15) is 1.43 Å². The maximum atomic E-state index is 0. The molecule has 0 spiro atoms. The van der Waals surface area contributed by atoms with E-state index in [9.17, 15) is 0 Å². The standard InChI is InChI=1S/6FH.Li.Sb.H/h6*1H;;;/q;;;;;;+1;;-1. The molecule has 0 atom stereocenters. The first-order valence-electron chi connectivity index (χ1n) is 0. The second-order valence-corrected chi connectivity index (χ2v) is 0. The van der Waals surface area contributed by atoms with Crippen molar-refractivity contribution in [3.05, 3.63) is 0 Å². The van der Waals surface area contributed by atoms with Gasteiger partial charge in [0.15, 0.2) is 0 Å². The molecular formula is H7F6LiSb. The van der Waals surface area contributed by atoms with Gasteiger partial charge in [-0.3, -0.25) is 28.2 Å². The third-order valence-electron chi connectivity index (χ3n) is 0. The molecular weight excluding hydrogens is 243 g/mol. The van der Waals surface area contributed by atoms with Crippen LogP contribution >= 0.6 is 0 Å². The van der Waals surface area contributed by atoms with E-state index in [1.165, 1.54) is 0 Å². The molecule has 0 amide bonds. The molecule has 0 aliphatic heterocycles. The fraction of sp³-hybridized carbons (Fsp3) is 0. The summed E-state index contributed by atoms with van der Waals surface area (Å²) in [4.78, 5) is 0. The Morgan fingerprint density at radius 2 is 0.500 bits per heavy atom. The predicted octanol–water partition coefficient (Wildman–Crippen LogP) is -2.35. The molecule has 0 aromatic heterocycles. The van der Waals surface area contributed by atoms with Crippen LogP contribution in [0.15, 0.2) is 0 Å². The van der Waals surface area contributed by atoms with Crippen LogP contribution in [0.3, 0.4) is 0 Å². The summed E-state index contributed by atoms with van der Waals surface area (Å²) >= 11 is 0. The average Bonchev–Trinajstić information content (AvgIpc) is 0. The van der Waals surface area contributed by atoms with Gasteiger partial charge in [-0.1, -0.05) is 0 Å². The molecule has 0 saturated heterocycles. The smallest absolute Gasteiger partial charge is 1.00 e. The van der Waals surface area contributed by atoms with Crippen molar-refractivity contribution in [2.75, 3.05) is 0 Å². The molecule has 0 aliphatic carbocycles. The minimum Gasteiger partial charge on any atom is -1.00 e. The Hall–Kier alpha value is 0.996. The molecule has 0 rings (SSSR count). The molecule has 0 aromatic carbocycles. The van der Waals surface area contributed by atoms with Crippen LogP contribution in [0, 0.1) is 0 Å². The monoisotopic (exact) mass is 249 g/mol. The van der Waals surface area contributed by atoms with Gasteiger partial charge in [0.25, 0.3) is 0 Å². The molecule has 8 heteroatoms. The fourth-order valence-corrected chi connectivity index (χ4v) is 0. The second-order valence-electron chi connectivity index (χ2n) is 0. The van der Waals surface area contributed by atoms with Crippen molar-refractivity contribution in [1.29, 1.82) is 0 Å². The van der Waals surface area contributed by atoms with Crippen LogP contribution in [0.25, 0.3) is 0 Å². The van der Waals surface area contributed by atoms with Gasteiger partial charge in [0.1, 0.15) is 0 Å². The number of rotatable bonds is 0. The summed E-state index contributed by atoms with van der Waals surface area (Å²) < 4.78 is 0. The molecule has 0 saturated carbocycles. The third-order valence-corrected chi connectivity index (χ3v) is 0. The number of hydrogen-bond donors (Lipinski definition) is 0. The Bertz CT molecular complexity index is 13.0. The van der Waals surface area contributed by atoms with Gasteiger partial charge < -0.3 is 1.43 Å². The Morgan fingerprint density at radius 3 is 0.500 bits per heavy atom. The van der Waals surface area contributed by atoms with Gasteiger partial charge in [-0.2, -0.15) is 0 Å². The van der Waals surface area contributed by atoms with Crippen molar-refractivity contribution in [2.45, 2.75) is 0 Å². The Kier molecular flexibility index (Phi) is 28600. The predicted molar refractivity (Wildman–Crippen MR) is 21.9 cm³/mol. The summed E-state index contributed by atoms with van der Waals surface area (Å²) in [5, 5.41) is 0. The molecule has 0 unspecified atom stereocenters. The summed E-state index contributed by atoms with van der Waals surface area (Å²) in [5.74, 6) is 0. The molecule has 0 bridgehead atoms. The largest absolute Gasteiger partial charge is 1.00 e. The quantitative estimate of drug-likeness (QED) is 0.333. The molecule has 0 fully saturated rings. The van der Waals surface area contributed by atoms with Gasteiger partial charge in [-0.15, -0.1) is 0 Å². The number of halogens is 6. The molecule has 0 heterocycles. The normalized spacial score (nSPS) is 0. The van der Waals surface area contributed by atoms with Crippen molar-refractivity contribution in [3.63, 3.8) is 0 Å². The summed E-state index contributed by atoms with van der Waals surface area (Å²) in [6, 6.07) is 0. The van der Waals surface area contributed by atoms with E-state index >= 15 is 0 Å². The van der Waals surface area contributed by atoms with Gasteiger partial charge in [-0.25, -0.2) is 0 Å². The Balaban J connectivity index is 0. The first kappa shape index (κ1) is 580. The van der Waals surface area contributed by atoms with Gasteiger partial charge in [0.05, 0.1) is 0 Å². The zero-order valence-corrected chi connectivity index (χ0v) is 6.45. The van der Waals surface area contributed by atoms with Gasteiger partial charge in [0.2, 0.25) is 0 Å². The van der Waals surface area contributed by atoms with Crippen LogP contribution in [-0.2, 0) is 0 Å². The molecule has 3 radical (unpaired) electrons. The van der Waals surface area contributed by atoms with E-state index in [-0.39, 0.29) is 72.9 Å². The molecule has 55 valence electrons. The van der Waals surface area contributed by atoms with Crippen molar-refractivity contribution < 1.29 is 48.5 Å². The third kappa shape index (κ3) is 254. The van der Waals surface area contributed by atoms with E-state index in [0.717, 1.165) is 0 Å². The number of hydrogen-bond acceptors (Lipinski definition) is 0. The van der Waals surface area contributed by atoms with Crippen molar-refractivity contribution in [2.24, 2.45) is 0 Å². The summed E-state index contributed by atoms with van der Waals surface area (Å²) in [5.41, 5.74) is 0. The average molecular weight is 250 g/mol. The van der Waals surface area contributed by atoms with Crippen LogP contribution < -0.4 is 18.9 Å². The fourth-order valence-electron chi connectivity index (χ4n) is 0. The van der Waals surface area contributed by atoms with E-state index in [1.807, 2.05) is 0 Å². The van der Waals surface area contributed by atoms with Gasteiger partial charge in [-0.05, 0) is 0 Å². The van der Waals surface area contributed by atoms with E-state index in [4.69, 9.17) is 0 Å². The molecule has 0 aromatic rings. The van der Waals surface area contributed by atoms with Gasteiger partial charge >= 0.3 is 18.9 Å². The minimum atomic E-state index is 0. The molecule has 0 nitrogen and oxygen atoms in total.